The van der Waals surface area contributed by atoms with Crippen LogP contribution in [0, 0.1) is 10.8 Å². The number of nitrogens with zero attached hydrogens (tertiary/aromatic N) is 2. The van der Waals surface area contributed by atoms with Gasteiger partial charge in [0.15, 0.2) is 0 Å². The average Bonchev–Trinajstić information content (AvgIpc) is 3.94. The van der Waals surface area contributed by atoms with Crippen molar-refractivity contribution in [1.29, 1.82) is 0 Å². The van der Waals surface area contributed by atoms with Crippen LogP contribution >= 0.6 is 0 Å². The second-order valence-corrected chi connectivity index (χ2v) is 25.9. The van der Waals surface area contributed by atoms with Crippen molar-refractivity contribution in [3.05, 3.63) is 183 Å². The van der Waals surface area contributed by atoms with Gasteiger partial charge in [0, 0.05) is 39.5 Å². The molecule has 0 spiro atoms. The molecule has 0 aliphatic heterocycles. The van der Waals surface area contributed by atoms with Crippen molar-refractivity contribution in [2.24, 2.45) is 10.8 Å². The topological polar surface area (TPSA) is 6.48 Å². The third-order valence-corrected chi connectivity index (χ3v) is 18.1. The number of aryl methyl sites for hydroxylation is 2. The smallest absolute Gasteiger partial charge is 0.0463 e. The molecule has 2 nitrogen and oxygen atoms in total. The summed E-state index contributed by atoms with van der Waals surface area (Å²) >= 11 is 0. The van der Waals surface area contributed by atoms with Crippen LogP contribution in [0.5, 0.6) is 0 Å². The van der Waals surface area contributed by atoms with E-state index in [1.165, 1.54) is 186 Å². The minimum absolute atomic E-state index is 0.0924. The van der Waals surface area contributed by atoms with Crippen molar-refractivity contribution in [1.82, 2.24) is 0 Å². The minimum Gasteiger partial charge on any atom is -0.314 e. The van der Waals surface area contributed by atoms with Crippen molar-refractivity contribution in [2.75, 3.05) is 9.80 Å². The molecule has 2 heteroatoms. The van der Waals surface area contributed by atoms with Crippen LogP contribution in [0.1, 0.15) is 240 Å². The number of hydrogen-bond acceptors (Lipinski definition) is 2. The summed E-state index contributed by atoms with van der Waals surface area (Å²) in [5, 5.41) is 0. The van der Waals surface area contributed by atoms with Gasteiger partial charge in [-0.3, -0.25) is 0 Å². The van der Waals surface area contributed by atoms with Crippen LogP contribution in [0.25, 0.3) is 0 Å². The van der Waals surface area contributed by atoms with Gasteiger partial charge in [-0.2, -0.15) is 0 Å². The highest BCUT2D eigenvalue weighted by molar-refractivity contribution is 5.79. The highest BCUT2D eigenvalue weighted by atomic mass is 15.2. The van der Waals surface area contributed by atoms with Crippen molar-refractivity contribution in [3.63, 3.8) is 0 Å². The Bertz CT molecular complexity index is 2700. The van der Waals surface area contributed by atoms with Crippen LogP contribution in [0.4, 0.5) is 28.4 Å². The molecule has 4 aromatic rings. The molecule has 0 fully saturated rings. The lowest BCUT2D eigenvalue weighted by Gasteiger charge is -2.38. The van der Waals surface area contributed by atoms with Gasteiger partial charge in [0.1, 0.15) is 0 Å². The molecular weight excluding hydrogens is 929 g/mol. The second kappa shape index (κ2) is 27.2. The maximum atomic E-state index is 2.80. The molecule has 0 bridgehead atoms. The molecule has 4 aromatic carbocycles. The van der Waals surface area contributed by atoms with E-state index in [0.717, 1.165) is 32.1 Å². The highest BCUT2D eigenvalue weighted by Gasteiger charge is 2.46. The molecule has 0 heterocycles. The van der Waals surface area contributed by atoms with E-state index in [4.69, 9.17) is 0 Å². The predicted octanol–water partition coefficient (Wildman–Crippen LogP) is 23.5. The average molecular weight is 1030 g/mol. The summed E-state index contributed by atoms with van der Waals surface area (Å²) in [7, 11) is 0. The first-order chi connectivity index (χ1) is 37.3. The van der Waals surface area contributed by atoms with Gasteiger partial charge in [0.05, 0.1) is 0 Å². The summed E-state index contributed by atoms with van der Waals surface area (Å²) in [6.07, 6.45) is 43.6. The molecule has 4 aliphatic rings. The lowest BCUT2D eigenvalue weighted by molar-refractivity contribution is 0.342. The third-order valence-electron chi connectivity index (χ3n) is 18.1. The molecule has 0 aromatic heterocycles. The molecule has 0 radical (unpaired) electrons. The first kappa shape index (κ1) is 58.1. The molecule has 412 valence electrons. The number of hydrogen-bond donors (Lipinski definition) is 0. The van der Waals surface area contributed by atoms with E-state index >= 15 is 0 Å². The van der Waals surface area contributed by atoms with Crippen LogP contribution in [0.2, 0.25) is 0 Å². The first-order valence-corrected chi connectivity index (χ1v) is 31.6. The SMILES string of the molecule is CCCCCCCCC1(CCCCCCCC)C2=C(CCC(C3=CC=C(N(c4ccc(CCCC)cc4)c4ccc(N(c5ccc(CCCC)cc5)c5ccc(C(C)(C)C)cc5)cc4)CC3)=C2)C2=C1C=C(C(C)(C)C)CC2. The molecule has 77 heavy (non-hydrogen) atoms. The monoisotopic (exact) mass is 1030 g/mol. The lowest BCUT2D eigenvalue weighted by Crippen LogP contribution is -2.26. The van der Waals surface area contributed by atoms with E-state index in [0.29, 0.717) is 0 Å². The summed E-state index contributed by atoms with van der Waals surface area (Å²) in [4.78, 5) is 4.99. The minimum atomic E-state index is 0.0924. The molecule has 0 N–H and O–H groups in total. The number of anilines is 5. The highest BCUT2D eigenvalue weighted by Crippen LogP contribution is 2.61. The fourth-order valence-electron chi connectivity index (χ4n) is 13.3. The number of benzene rings is 4. The van der Waals surface area contributed by atoms with Crippen LogP contribution in [-0.2, 0) is 18.3 Å². The molecular formula is C75H102N2. The molecule has 4 aliphatic carbocycles. The molecule has 0 saturated heterocycles. The maximum absolute atomic E-state index is 2.80. The largest absolute Gasteiger partial charge is 0.314 e. The van der Waals surface area contributed by atoms with Crippen molar-refractivity contribution in [3.8, 4) is 0 Å². The summed E-state index contributed by atoms with van der Waals surface area (Å²) in [5.41, 5.74) is 23.8. The van der Waals surface area contributed by atoms with Crippen LogP contribution < -0.4 is 9.80 Å². The predicted molar refractivity (Wildman–Crippen MR) is 338 cm³/mol. The number of unbranched alkanes of at least 4 members (excludes halogenated alkanes) is 12. The Labute approximate surface area is 471 Å². The van der Waals surface area contributed by atoms with Gasteiger partial charge in [-0.25, -0.2) is 0 Å². The molecule has 0 amide bonds. The van der Waals surface area contributed by atoms with Gasteiger partial charge in [0.2, 0.25) is 0 Å². The Hall–Kier alpha value is -5.08. The van der Waals surface area contributed by atoms with Gasteiger partial charge in [-0.15, -0.1) is 0 Å². The van der Waals surface area contributed by atoms with Crippen molar-refractivity contribution >= 4 is 28.4 Å². The van der Waals surface area contributed by atoms with Crippen LogP contribution in [0.3, 0.4) is 0 Å². The fourth-order valence-corrected chi connectivity index (χ4v) is 13.3. The van der Waals surface area contributed by atoms with E-state index in [9.17, 15) is 0 Å². The quantitative estimate of drug-likeness (QED) is 0.0549. The standard InChI is InChI=1S/C75H102N2/c1-11-15-19-21-23-25-53-75(54-26-24-22-20-16-12-2)71-55-60(35-51-69(71)70-52-38-62(56-72(70)75)74(8,9)10)59-33-43-65(44-34-59)76(63-39-29-57(30-40-63)27-17-13-3)67-47-49-68(50-48-67)77(64-41-31-58(32-42-64)28-18-14-4)66-45-36-61(37-46-66)73(5,6)7/h29-33,36-37,39-43,45-50,55-56H,11-28,34-35,38,44,51-54H2,1-10H3. The molecule has 0 saturated carbocycles. The zero-order chi connectivity index (χ0) is 54.4. The molecule has 0 atom stereocenters. The molecule has 8 rings (SSSR count). The van der Waals surface area contributed by atoms with Gasteiger partial charge < -0.3 is 9.80 Å². The zero-order valence-electron chi connectivity index (χ0n) is 50.3. The van der Waals surface area contributed by atoms with E-state index in [-0.39, 0.29) is 16.2 Å². The number of allylic oxidation sites excluding steroid dienone is 12. The Kier molecular flexibility index (Phi) is 20.5. The van der Waals surface area contributed by atoms with Crippen molar-refractivity contribution in [2.45, 2.75) is 242 Å². The Morgan fingerprint density at radius 3 is 1.25 bits per heavy atom. The van der Waals surface area contributed by atoms with Gasteiger partial charge in [0.25, 0.3) is 0 Å². The second-order valence-electron chi connectivity index (χ2n) is 25.9. The maximum Gasteiger partial charge on any atom is 0.0463 e. The summed E-state index contributed by atoms with van der Waals surface area (Å²) in [6.45, 7) is 23.5. The third kappa shape index (κ3) is 14.4. The number of fused-ring (bicyclic) bond motifs is 1. The normalized spacial score (nSPS) is 16.4. The van der Waals surface area contributed by atoms with E-state index in [1.807, 2.05) is 0 Å². The van der Waals surface area contributed by atoms with Gasteiger partial charge in [-0.05, 0) is 205 Å². The number of rotatable bonds is 27. The van der Waals surface area contributed by atoms with Gasteiger partial charge >= 0.3 is 0 Å². The van der Waals surface area contributed by atoms with E-state index in [2.05, 4.69) is 200 Å². The van der Waals surface area contributed by atoms with Crippen molar-refractivity contribution < 1.29 is 0 Å². The lowest BCUT2D eigenvalue weighted by atomic mass is 9.65. The van der Waals surface area contributed by atoms with E-state index < -0.39 is 0 Å². The zero-order valence-corrected chi connectivity index (χ0v) is 50.3. The Morgan fingerprint density at radius 2 is 0.792 bits per heavy atom. The van der Waals surface area contributed by atoms with E-state index in [1.54, 1.807) is 39.0 Å². The Balaban J connectivity index is 1.14. The van der Waals surface area contributed by atoms with Gasteiger partial charge in [-0.1, -0.05) is 219 Å². The van der Waals surface area contributed by atoms with Crippen LogP contribution in [-0.4, -0.2) is 0 Å². The fraction of sp³-hybridized carbons (Fsp3) is 0.520. The summed E-state index contributed by atoms with van der Waals surface area (Å²) in [6, 6.07) is 37.5. The first-order valence-electron chi connectivity index (χ1n) is 31.6. The Morgan fingerprint density at radius 1 is 0.377 bits per heavy atom. The summed E-state index contributed by atoms with van der Waals surface area (Å²) < 4.78 is 0. The van der Waals surface area contributed by atoms with Crippen LogP contribution in [0.15, 0.2) is 166 Å². The summed E-state index contributed by atoms with van der Waals surface area (Å²) in [5.74, 6) is 0. The molecule has 0 unspecified atom stereocenters.